The number of benzene rings is 2. The van der Waals surface area contributed by atoms with Gasteiger partial charge in [0, 0.05) is 20.0 Å². The molecular weight excluding hydrogens is 400 g/mol. The molecule has 1 heterocycles. The minimum Gasteiger partial charge on any atom is -0.451 e. The van der Waals surface area contributed by atoms with Gasteiger partial charge in [-0.15, -0.1) is 0 Å². The molecule has 0 fully saturated rings. The van der Waals surface area contributed by atoms with E-state index in [1.165, 1.54) is 0 Å². The van der Waals surface area contributed by atoms with Gasteiger partial charge in [-0.3, -0.25) is 4.79 Å². The van der Waals surface area contributed by atoms with Gasteiger partial charge in [-0.25, -0.2) is 0 Å². The van der Waals surface area contributed by atoms with Crippen LogP contribution in [0.5, 0.6) is 0 Å². The number of carbonyl (C=O) groups excluding carboxylic acids is 1. The van der Waals surface area contributed by atoms with E-state index in [0.29, 0.717) is 17.0 Å². The Balaban J connectivity index is 1.89. The predicted molar refractivity (Wildman–Crippen MR) is 90.4 cm³/mol. The highest BCUT2D eigenvalue weighted by molar-refractivity contribution is 9.11. The molecule has 6 heteroatoms. The Bertz CT molecular complexity index is 843. The molecule has 0 saturated heterocycles. The van der Waals surface area contributed by atoms with E-state index in [1.54, 1.807) is 30.3 Å². The minimum absolute atomic E-state index is 0.241. The monoisotopic (exact) mass is 408 g/mol. The molecule has 0 aliphatic rings. The van der Waals surface area contributed by atoms with Gasteiger partial charge in [0.15, 0.2) is 5.76 Å². The third kappa shape index (κ3) is 2.96. The molecule has 3 aromatic rings. The Morgan fingerprint density at radius 2 is 1.90 bits per heavy atom. The van der Waals surface area contributed by atoms with Crippen molar-refractivity contribution in [2.75, 3.05) is 11.1 Å². The molecule has 106 valence electrons. The summed E-state index contributed by atoms with van der Waals surface area (Å²) in [4.78, 5) is 12.2. The average Bonchev–Trinajstić information content (AvgIpc) is 2.85. The van der Waals surface area contributed by atoms with E-state index in [4.69, 9.17) is 10.2 Å². The normalized spacial score (nSPS) is 10.8. The minimum atomic E-state index is -0.312. The summed E-state index contributed by atoms with van der Waals surface area (Å²) in [6.45, 7) is 0. The molecule has 0 spiro atoms. The van der Waals surface area contributed by atoms with Crippen molar-refractivity contribution >= 4 is 60.1 Å². The third-order valence-corrected chi connectivity index (χ3v) is 4.09. The number of hydrogen-bond acceptors (Lipinski definition) is 3. The lowest BCUT2D eigenvalue weighted by Gasteiger charge is -2.05. The van der Waals surface area contributed by atoms with E-state index in [0.717, 1.165) is 14.3 Å². The number of halogens is 2. The smallest absolute Gasteiger partial charge is 0.291 e. The second-order valence-corrected chi connectivity index (χ2v) is 6.26. The van der Waals surface area contributed by atoms with Crippen LogP contribution in [0.3, 0.4) is 0 Å². The zero-order valence-corrected chi connectivity index (χ0v) is 13.9. The highest BCUT2D eigenvalue weighted by atomic mass is 79.9. The van der Waals surface area contributed by atoms with Gasteiger partial charge in [0.1, 0.15) is 5.58 Å². The van der Waals surface area contributed by atoms with Gasteiger partial charge >= 0.3 is 0 Å². The lowest BCUT2D eigenvalue weighted by atomic mass is 10.2. The molecule has 1 amide bonds. The molecule has 0 radical (unpaired) electrons. The van der Waals surface area contributed by atoms with Crippen molar-refractivity contribution in [1.82, 2.24) is 0 Å². The molecule has 0 saturated carbocycles. The first kappa shape index (κ1) is 14.2. The summed E-state index contributed by atoms with van der Waals surface area (Å²) >= 11 is 6.76. The molecular formula is C15H10Br2N2O2. The molecule has 0 aliphatic heterocycles. The molecule has 3 rings (SSSR count). The fourth-order valence-electron chi connectivity index (χ4n) is 1.95. The number of carbonyl (C=O) groups is 1. The Hall–Kier alpha value is -1.79. The van der Waals surface area contributed by atoms with Crippen molar-refractivity contribution in [3.8, 4) is 0 Å². The Kier molecular flexibility index (Phi) is 3.73. The second-order valence-electron chi connectivity index (χ2n) is 4.49. The second kappa shape index (κ2) is 5.54. The number of furan rings is 1. The summed E-state index contributed by atoms with van der Waals surface area (Å²) < 4.78 is 7.23. The number of rotatable bonds is 2. The molecule has 4 nitrogen and oxygen atoms in total. The maximum absolute atomic E-state index is 12.2. The van der Waals surface area contributed by atoms with Crippen molar-refractivity contribution < 1.29 is 9.21 Å². The lowest BCUT2D eigenvalue weighted by molar-refractivity contribution is 0.0998. The largest absolute Gasteiger partial charge is 0.451 e. The highest BCUT2D eigenvalue weighted by Gasteiger charge is 2.14. The third-order valence-electron chi connectivity index (χ3n) is 2.94. The van der Waals surface area contributed by atoms with Crippen molar-refractivity contribution in [3.63, 3.8) is 0 Å². The first-order valence-electron chi connectivity index (χ1n) is 6.08. The van der Waals surface area contributed by atoms with Crippen LogP contribution in [0.25, 0.3) is 11.0 Å². The van der Waals surface area contributed by atoms with Gasteiger partial charge < -0.3 is 15.5 Å². The molecule has 3 N–H and O–H groups in total. The summed E-state index contributed by atoms with van der Waals surface area (Å²) in [7, 11) is 0. The zero-order valence-electron chi connectivity index (χ0n) is 10.7. The molecule has 0 aliphatic carbocycles. The summed E-state index contributed by atoms with van der Waals surface area (Å²) in [5.74, 6) is -0.0711. The molecule has 2 aromatic carbocycles. The van der Waals surface area contributed by atoms with Gasteiger partial charge in [-0.2, -0.15) is 0 Å². The Morgan fingerprint density at radius 1 is 1.10 bits per heavy atom. The van der Waals surface area contributed by atoms with E-state index in [9.17, 15) is 4.79 Å². The van der Waals surface area contributed by atoms with Crippen LogP contribution in [0.1, 0.15) is 10.6 Å². The highest BCUT2D eigenvalue weighted by Crippen LogP contribution is 2.27. The Labute approximate surface area is 137 Å². The maximum Gasteiger partial charge on any atom is 0.291 e. The van der Waals surface area contributed by atoms with Crippen LogP contribution in [0.2, 0.25) is 0 Å². The van der Waals surface area contributed by atoms with Crippen LogP contribution in [0.4, 0.5) is 11.4 Å². The van der Waals surface area contributed by atoms with Gasteiger partial charge in [-0.1, -0.05) is 15.9 Å². The van der Waals surface area contributed by atoms with Crippen LogP contribution in [0, 0.1) is 0 Å². The van der Waals surface area contributed by atoms with Gasteiger partial charge in [0.05, 0.1) is 5.69 Å². The van der Waals surface area contributed by atoms with E-state index >= 15 is 0 Å². The number of nitrogen functional groups attached to an aromatic ring is 1. The Morgan fingerprint density at radius 3 is 2.67 bits per heavy atom. The van der Waals surface area contributed by atoms with Gasteiger partial charge in [-0.05, 0) is 58.4 Å². The predicted octanol–water partition coefficient (Wildman–Crippen LogP) is 4.79. The fraction of sp³-hybridized carbons (Fsp3) is 0. The van der Waals surface area contributed by atoms with Crippen LogP contribution in [-0.4, -0.2) is 5.91 Å². The summed E-state index contributed by atoms with van der Waals surface area (Å²) in [6, 6.07) is 12.4. The van der Waals surface area contributed by atoms with E-state index in [-0.39, 0.29) is 11.7 Å². The first-order chi connectivity index (χ1) is 10.0. The number of anilines is 2. The topological polar surface area (TPSA) is 68.3 Å². The number of fused-ring (bicyclic) bond motifs is 1. The van der Waals surface area contributed by atoms with Crippen molar-refractivity contribution in [3.05, 3.63) is 57.2 Å². The van der Waals surface area contributed by atoms with Crippen molar-refractivity contribution in [2.45, 2.75) is 0 Å². The van der Waals surface area contributed by atoms with Crippen LogP contribution >= 0.6 is 31.9 Å². The number of amides is 1. The number of nitrogens with two attached hydrogens (primary N) is 1. The van der Waals surface area contributed by atoms with Crippen LogP contribution < -0.4 is 11.1 Å². The van der Waals surface area contributed by atoms with Gasteiger partial charge in [0.25, 0.3) is 5.91 Å². The van der Waals surface area contributed by atoms with E-state index in [2.05, 4.69) is 37.2 Å². The summed E-state index contributed by atoms with van der Waals surface area (Å²) in [5, 5.41) is 3.60. The van der Waals surface area contributed by atoms with E-state index < -0.39 is 0 Å². The molecule has 1 aromatic heterocycles. The number of hydrogen-bond donors (Lipinski definition) is 2. The van der Waals surface area contributed by atoms with E-state index in [1.807, 2.05) is 12.1 Å². The summed E-state index contributed by atoms with van der Waals surface area (Å²) in [5.41, 5.74) is 7.64. The average molecular weight is 410 g/mol. The quantitative estimate of drug-likeness (QED) is 0.597. The van der Waals surface area contributed by atoms with Crippen LogP contribution in [-0.2, 0) is 0 Å². The van der Waals surface area contributed by atoms with Crippen LogP contribution in [0.15, 0.2) is 55.8 Å². The first-order valence-corrected chi connectivity index (χ1v) is 7.67. The SMILES string of the molecule is Nc1ccc2oc(C(=O)Nc3ccc(Br)cc3Br)cc2c1. The fourth-order valence-corrected chi connectivity index (χ4v) is 3.09. The number of nitrogens with one attached hydrogen (secondary N) is 1. The summed E-state index contributed by atoms with van der Waals surface area (Å²) in [6.07, 6.45) is 0. The van der Waals surface area contributed by atoms with Crippen molar-refractivity contribution in [2.24, 2.45) is 0 Å². The molecule has 0 bridgehead atoms. The molecule has 0 atom stereocenters. The molecule has 21 heavy (non-hydrogen) atoms. The molecule has 0 unspecified atom stereocenters. The maximum atomic E-state index is 12.2. The lowest BCUT2D eigenvalue weighted by Crippen LogP contribution is -2.11. The van der Waals surface area contributed by atoms with Gasteiger partial charge in [0.2, 0.25) is 0 Å². The standard InChI is InChI=1S/C15H10Br2N2O2/c16-9-1-3-12(11(17)7-9)19-15(20)14-6-8-5-10(18)2-4-13(8)21-14/h1-7H,18H2,(H,19,20). The van der Waals surface area contributed by atoms with Crippen molar-refractivity contribution in [1.29, 1.82) is 0 Å². The zero-order chi connectivity index (χ0) is 15.0.